The molecule has 0 spiro atoms. The molecule has 3 atom stereocenters. The summed E-state index contributed by atoms with van der Waals surface area (Å²) in [4.78, 5) is 48.6. The number of carbonyl (C=O) groups is 3. The molecule has 0 saturated heterocycles. The Hall–Kier alpha value is -3.34. The smallest absolute Gasteiger partial charge is 0.462 e. The molecule has 0 aliphatic rings. The van der Waals surface area contributed by atoms with Crippen molar-refractivity contribution < 1.29 is 52.2 Å². The molecule has 0 aromatic heterocycles. The van der Waals surface area contributed by atoms with Gasteiger partial charge in [0.25, 0.3) is 0 Å². The molecule has 11 nitrogen and oxygen atoms in total. The number of unbranched alkanes of at least 4 members (excludes halogenated alkanes) is 23. The lowest BCUT2D eigenvalue weighted by molar-refractivity contribution is -0.161. The summed E-state index contributed by atoms with van der Waals surface area (Å²) in [7, 11) is -4.76. The van der Waals surface area contributed by atoms with Crippen molar-refractivity contribution in [3.8, 4) is 0 Å². The largest absolute Gasteiger partial charge is 0.472 e. The van der Waals surface area contributed by atoms with Gasteiger partial charge in [-0.05, 0) is 116 Å². The molecule has 0 aromatic rings. The van der Waals surface area contributed by atoms with Crippen molar-refractivity contribution in [1.82, 2.24) is 0 Å². The predicted octanol–water partition coefficient (Wildman–Crippen LogP) is 17.5. The van der Waals surface area contributed by atoms with Crippen LogP contribution in [0.25, 0.3) is 0 Å². The highest BCUT2D eigenvalue weighted by atomic mass is 31.2. The van der Waals surface area contributed by atoms with Gasteiger partial charge in [0.15, 0.2) is 6.10 Å². The average molecular weight is 1060 g/mol. The van der Waals surface area contributed by atoms with Crippen LogP contribution in [0, 0.1) is 0 Å². The first-order chi connectivity index (χ1) is 36.2. The van der Waals surface area contributed by atoms with Crippen LogP contribution in [0.4, 0.5) is 0 Å². The first-order valence-electron chi connectivity index (χ1n) is 29.5. The van der Waals surface area contributed by atoms with Crippen LogP contribution in [0.1, 0.15) is 252 Å². The van der Waals surface area contributed by atoms with Crippen LogP contribution in [0.5, 0.6) is 0 Å². The zero-order chi connectivity index (χ0) is 54.1. The number of phosphoric acid groups is 1. The number of esters is 3. The Kier molecular flexibility index (Phi) is 53.4. The van der Waals surface area contributed by atoms with Crippen LogP contribution in [-0.2, 0) is 42.2 Å². The van der Waals surface area contributed by atoms with Crippen molar-refractivity contribution in [3.05, 3.63) is 85.1 Å². The summed E-state index contributed by atoms with van der Waals surface area (Å²) < 4.78 is 39.5. The number of aliphatic hydroxyl groups is 1. The van der Waals surface area contributed by atoms with Crippen molar-refractivity contribution in [2.75, 3.05) is 26.4 Å². The highest BCUT2D eigenvalue weighted by Crippen LogP contribution is 2.43. The molecule has 0 bridgehead atoms. The van der Waals surface area contributed by atoms with Gasteiger partial charge in [-0.25, -0.2) is 4.57 Å². The number of rotatable bonds is 54. The Bertz CT molecular complexity index is 1560. The molecular weight excluding hydrogens is 952 g/mol. The zero-order valence-corrected chi connectivity index (χ0v) is 47.9. The second-order valence-corrected chi connectivity index (χ2v) is 20.9. The summed E-state index contributed by atoms with van der Waals surface area (Å²) >= 11 is 0. The molecule has 0 saturated carbocycles. The van der Waals surface area contributed by atoms with E-state index < -0.39 is 57.8 Å². The Morgan fingerprint density at radius 2 is 0.703 bits per heavy atom. The third kappa shape index (κ3) is 53.5. The van der Waals surface area contributed by atoms with Crippen molar-refractivity contribution in [2.24, 2.45) is 0 Å². The highest BCUT2D eigenvalue weighted by molar-refractivity contribution is 7.47. The van der Waals surface area contributed by atoms with E-state index in [2.05, 4.69) is 106 Å². The summed E-state index contributed by atoms with van der Waals surface area (Å²) in [6.45, 7) is 4.45. The van der Waals surface area contributed by atoms with E-state index in [1.54, 1.807) is 0 Å². The summed E-state index contributed by atoms with van der Waals surface area (Å²) in [6, 6.07) is 0. The van der Waals surface area contributed by atoms with E-state index >= 15 is 0 Å². The quantitative estimate of drug-likeness (QED) is 0.0197. The fourth-order valence-corrected chi connectivity index (χ4v) is 8.57. The van der Waals surface area contributed by atoms with Gasteiger partial charge in [-0.15, -0.1) is 0 Å². The second-order valence-electron chi connectivity index (χ2n) is 19.4. The first-order valence-corrected chi connectivity index (χ1v) is 31.0. The topological polar surface area (TPSA) is 155 Å². The number of hydrogen-bond acceptors (Lipinski definition) is 10. The molecule has 0 heterocycles. The number of aliphatic hydroxyl groups excluding tert-OH is 1. The van der Waals surface area contributed by atoms with Gasteiger partial charge in [-0.3, -0.25) is 23.4 Å². The van der Waals surface area contributed by atoms with Crippen LogP contribution in [0.2, 0.25) is 0 Å². The van der Waals surface area contributed by atoms with Gasteiger partial charge in [0, 0.05) is 19.3 Å². The highest BCUT2D eigenvalue weighted by Gasteiger charge is 2.28. The summed E-state index contributed by atoms with van der Waals surface area (Å²) in [5, 5.41) is 9.81. The average Bonchev–Trinajstić information content (AvgIpc) is 3.39. The minimum Gasteiger partial charge on any atom is -0.462 e. The molecule has 3 unspecified atom stereocenters. The Morgan fingerprint density at radius 3 is 1.12 bits per heavy atom. The maximum atomic E-state index is 12.9. The van der Waals surface area contributed by atoms with Gasteiger partial charge in [0.05, 0.1) is 19.8 Å². The van der Waals surface area contributed by atoms with Crippen molar-refractivity contribution in [1.29, 1.82) is 0 Å². The molecule has 0 radical (unpaired) electrons. The van der Waals surface area contributed by atoms with E-state index in [1.165, 1.54) is 51.4 Å². The summed E-state index contributed by atoms with van der Waals surface area (Å²) in [5.41, 5.74) is 0. The van der Waals surface area contributed by atoms with E-state index in [-0.39, 0.29) is 25.9 Å². The van der Waals surface area contributed by atoms with Gasteiger partial charge in [0.2, 0.25) is 0 Å². The number of hydrogen-bond donors (Lipinski definition) is 2. The second kappa shape index (κ2) is 55.9. The maximum Gasteiger partial charge on any atom is 0.472 e. The number of carbonyl (C=O) groups excluding carboxylic acids is 3. The van der Waals surface area contributed by atoms with E-state index in [0.717, 1.165) is 141 Å². The summed E-state index contributed by atoms with van der Waals surface area (Å²) in [6.07, 6.45) is 63.9. The molecule has 0 fully saturated rings. The first kappa shape index (κ1) is 70.7. The van der Waals surface area contributed by atoms with Crippen LogP contribution >= 0.6 is 7.82 Å². The molecule has 0 aliphatic heterocycles. The number of phosphoric ester groups is 1. The third-order valence-electron chi connectivity index (χ3n) is 12.3. The van der Waals surface area contributed by atoms with Gasteiger partial charge < -0.3 is 24.2 Å². The van der Waals surface area contributed by atoms with Gasteiger partial charge >= 0.3 is 25.7 Å². The molecule has 12 heteroatoms. The third-order valence-corrected chi connectivity index (χ3v) is 13.2. The molecule has 426 valence electrons. The summed E-state index contributed by atoms with van der Waals surface area (Å²) in [5.74, 6) is -1.51. The molecular formula is C62H107O11P. The fourth-order valence-electron chi connectivity index (χ4n) is 7.78. The molecule has 74 heavy (non-hydrogen) atoms. The van der Waals surface area contributed by atoms with Crippen LogP contribution in [0.3, 0.4) is 0 Å². The van der Waals surface area contributed by atoms with Crippen molar-refractivity contribution in [3.63, 3.8) is 0 Å². The van der Waals surface area contributed by atoms with E-state index in [1.807, 2.05) is 0 Å². The Balaban J connectivity index is 4.77. The molecule has 0 rings (SSSR count). The Morgan fingerprint density at radius 1 is 0.392 bits per heavy atom. The van der Waals surface area contributed by atoms with Crippen LogP contribution in [0.15, 0.2) is 85.1 Å². The minimum absolute atomic E-state index is 0.142. The van der Waals surface area contributed by atoms with E-state index in [0.29, 0.717) is 19.3 Å². The normalized spacial score (nSPS) is 14.0. The molecule has 2 N–H and O–H groups in total. The van der Waals surface area contributed by atoms with Crippen LogP contribution in [-0.4, -0.2) is 66.5 Å². The zero-order valence-electron chi connectivity index (χ0n) is 47.0. The maximum absolute atomic E-state index is 12.9. The van der Waals surface area contributed by atoms with E-state index in [9.17, 15) is 28.9 Å². The van der Waals surface area contributed by atoms with Crippen LogP contribution < -0.4 is 0 Å². The SMILES string of the molecule is CC/C=C\C/C=C\C/C=C\CCCCCCCC(=O)OC(COC(=O)CCCCCCCC/C=C\C/C=C\C/C=C\CCCCC)COP(=O)(O)OCC(CO)OC(=O)CCCCCCC/C=C\CCCCCC. The van der Waals surface area contributed by atoms with Gasteiger partial charge in [0.1, 0.15) is 12.7 Å². The van der Waals surface area contributed by atoms with Gasteiger partial charge in [-0.1, -0.05) is 202 Å². The lowest BCUT2D eigenvalue weighted by atomic mass is 10.1. The molecule has 0 amide bonds. The molecule has 0 aromatic carbocycles. The monoisotopic (exact) mass is 1060 g/mol. The van der Waals surface area contributed by atoms with Gasteiger partial charge in [-0.2, -0.15) is 0 Å². The number of ether oxygens (including phenoxy) is 3. The fraction of sp³-hybridized carbons (Fsp3) is 0.726. The van der Waals surface area contributed by atoms with Crippen molar-refractivity contribution >= 4 is 25.7 Å². The lowest BCUT2D eigenvalue weighted by Crippen LogP contribution is -2.30. The standard InChI is InChI=1S/C62H107O11P/c1-4-7-10-13-16-19-22-25-27-28-29-30-32-34-36-39-42-45-48-51-60(64)69-55-59(73-62(66)53-50-47-44-41-38-35-31-26-23-20-17-14-11-8-5-2)57-71-74(67,68)70-56-58(54-63)72-61(65)52-49-46-43-40-37-33-24-21-18-15-12-9-6-3/h8,11,16-17,19-21,24-27,29-31,58-59,63H,4-7,9-10,12-15,18,22-23,28,32-57H2,1-3H3,(H,67,68)/b11-8-,19-16-,20-17-,24-21-,27-25-,30-29-,31-26-. The number of allylic oxidation sites excluding steroid dienone is 14. The van der Waals surface area contributed by atoms with E-state index in [4.69, 9.17) is 23.3 Å². The van der Waals surface area contributed by atoms with Crippen molar-refractivity contribution in [2.45, 2.75) is 264 Å². The minimum atomic E-state index is -4.76. The molecule has 0 aliphatic carbocycles. The lowest BCUT2D eigenvalue weighted by Gasteiger charge is -2.21. The predicted molar refractivity (Wildman–Crippen MR) is 307 cm³/mol. The Labute approximate surface area is 451 Å².